The number of esters is 1. The van der Waals surface area contributed by atoms with Gasteiger partial charge in [0.15, 0.2) is 6.10 Å². The molecule has 0 bridgehead atoms. The minimum absolute atomic E-state index is 0.239. The van der Waals surface area contributed by atoms with Gasteiger partial charge in [0.1, 0.15) is 0 Å². The number of nitrogens with zero attached hydrogens (tertiary/aromatic N) is 1. The molecule has 1 heterocycles. The van der Waals surface area contributed by atoms with Crippen molar-refractivity contribution in [1.82, 2.24) is 4.57 Å². The van der Waals surface area contributed by atoms with Crippen LogP contribution in [0.4, 0.5) is 0 Å². The van der Waals surface area contributed by atoms with Crippen LogP contribution in [0.5, 0.6) is 0 Å². The zero-order valence-corrected chi connectivity index (χ0v) is 11.6. The molecule has 0 saturated carbocycles. The van der Waals surface area contributed by atoms with Crippen molar-refractivity contribution in [3.8, 4) is 0 Å². The maximum absolute atomic E-state index is 11.7. The number of benzene rings is 1. The van der Waals surface area contributed by atoms with E-state index in [4.69, 9.17) is 16.3 Å². The Hall–Kier alpha value is -1.52. The largest absolute Gasteiger partial charge is 0.464 e. The molecule has 1 aromatic heterocycles. The summed E-state index contributed by atoms with van der Waals surface area (Å²) in [7, 11) is 0. The first-order chi connectivity index (χ1) is 9.10. The first-order valence-electron chi connectivity index (χ1n) is 6.22. The van der Waals surface area contributed by atoms with Gasteiger partial charge in [-0.25, -0.2) is 4.79 Å². The van der Waals surface area contributed by atoms with Gasteiger partial charge < -0.3 is 14.4 Å². The van der Waals surface area contributed by atoms with E-state index in [0.717, 1.165) is 10.9 Å². The molecular formula is C14H16ClNO3. The first kappa shape index (κ1) is 13.9. The fraction of sp³-hybridized carbons (Fsp3) is 0.357. The molecule has 2 aromatic rings. The van der Waals surface area contributed by atoms with Gasteiger partial charge in [-0.05, 0) is 19.9 Å². The number of aryl methyl sites for hydroxylation is 1. The van der Waals surface area contributed by atoms with E-state index in [9.17, 15) is 9.90 Å². The smallest absolute Gasteiger partial charge is 0.339 e. The number of aromatic nitrogens is 1. The number of carbonyl (C=O) groups is 1. The van der Waals surface area contributed by atoms with E-state index >= 15 is 0 Å². The third-order valence-corrected chi connectivity index (χ3v) is 3.33. The average molecular weight is 282 g/mol. The molecule has 1 aromatic carbocycles. The van der Waals surface area contributed by atoms with Gasteiger partial charge in [-0.1, -0.05) is 23.7 Å². The highest BCUT2D eigenvalue weighted by molar-refractivity contribution is 6.35. The minimum atomic E-state index is -1.28. The van der Waals surface area contributed by atoms with Crippen LogP contribution in [0.2, 0.25) is 5.02 Å². The molecule has 5 heteroatoms. The number of hydrogen-bond donors (Lipinski definition) is 1. The lowest BCUT2D eigenvalue weighted by atomic mass is 10.1. The molecule has 102 valence electrons. The summed E-state index contributed by atoms with van der Waals surface area (Å²) in [5.41, 5.74) is 1.35. The number of fused-ring (bicyclic) bond motifs is 1. The molecule has 1 N–H and O–H groups in total. The summed E-state index contributed by atoms with van der Waals surface area (Å²) < 4.78 is 6.76. The van der Waals surface area contributed by atoms with Crippen molar-refractivity contribution in [3.05, 3.63) is 35.0 Å². The van der Waals surface area contributed by atoms with Gasteiger partial charge in [-0.3, -0.25) is 0 Å². The van der Waals surface area contributed by atoms with Crippen molar-refractivity contribution < 1.29 is 14.6 Å². The topological polar surface area (TPSA) is 51.5 Å². The Labute approximate surface area is 116 Å². The van der Waals surface area contributed by atoms with Crippen molar-refractivity contribution in [2.75, 3.05) is 6.61 Å². The molecule has 0 aliphatic heterocycles. The fourth-order valence-corrected chi connectivity index (χ4v) is 2.44. The monoisotopic (exact) mass is 281 g/mol. The number of ether oxygens (including phenoxy) is 1. The van der Waals surface area contributed by atoms with Crippen LogP contribution in [0, 0.1) is 0 Å². The Morgan fingerprint density at radius 2 is 2.21 bits per heavy atom. The van der Waals surface area contributed by atoms with E-state index < -0.39 is 12.1 Å². The van der Waals surface area contributed by atoms with E-state index in [0.29, 0.717) is 17.1 Å². The Bertz CT molecular complexity index is 606. The zero-order valence-electron chi connectivity index (χ0n) is 10.9. The normalized spacial score (nSPS) is 12.6. The van der Waals surface area contributed by atoms with Crippen molar-refractivity contribution in [2.24, 2.45) is 0 Å². The van der Waals surface area contributed by atoms with Crippen LogP contribution in [0.15, 0.2) is 24.4 Å². The van der Waals surface area contributed by atoms with Gasteiger partial charge >= 0.3 is 5.97 Å². The molecular weight excluding hydrogens is 266 g/mol. The second-order valence-corrected chi connectivity index (χ2v) is 4.57. The lowest BCUT2D eigenvalue weighted by Crippen LogP contribution is -2.15. The third kappa shape index (κ3) is 2.46. The predicted octanol–water partition coefficient (Wildman–Crippen LogP) is 2.91. The van der Waals surface area contributed by atoms with E-state index in [2.05, 4.69) is 0 Å². The average Bonchev–Trinajstić information content (AvgIpc) is 2.78. The molecule has 0 aliphatic carbocycles. The van der Waals surface area contributed by atoms with Crippen LogP contribution in [0.25, 0.3) is 10.9 Å². The quantitative estimate of drug-likeness (QED) is 0.877. The third-order valence-electron chi connectivity index (χ3n) is 3.03. The van der Waals surface area contributed by atoms with Crippen LogP contribution >= 0.6 is 11.6 Å². The van der Waals surface area contributed by atoms with Crippen LogP contribution in [-0.2, 0) is 16.1 Å². The summed E-state index contributed by atoms with van der Waals surface area (Å²) in [6, 6.07) is 5.42. The summed E-state index contributed by atoms with van der Waals surface area (Å²) in [6.45, 7) is 4.62. The summed E-state index contributed by atoms with van der Waals surface area (Å²) in [5.74, 6) is -0.641. The van der Waals surface area contributed by atoms with Crippen LogP contribution in [0.1, 0.15) is 25.5 Å². The number of halogens is 1. The Balaban J connectivity index is 2.55. The lowest BCUT2D eigenvalue weighted by Gasteiger charge is -2.08. The van der Waals surface area contributed by atoms with Gasteiger partial charge in [0.25, 0.3) is 0 Å². The number of carbonyl (C=O) groups excluding carboxylic acids is 1. The zero-order chi connectivity index (χ0) is 14.0. The van der Waals surface area contributed by atoms with Gasteiger partial charge in [0, 0.05) is 23.7 Å². The van der Waals surface area contributed by atoms with E-state index in [-0.39, 0.29) is 6.61 Å². The molecule has 0 saturated heterocycles. The SMILES string of the molecule is CCOC(=O)C(O)c1cn(CC)c2c(Cl)cccc12. The summed E-state index contributed by atoms with van der Waals surface area (Å²) >= 11 is 6.18. The summed E-state index contributed by atoms with van der Waals surface area (Å²) in [5, 5.41) is 11.5. The fourth-order valence-electron chi connectivity index (χ4n) is 2.16. The van der Waals surface area contributed by atoms with Crippen LogP contribution in [-0.4, -0.2) is 22.2 Å². The molecule has 2 rings (SSSR count). The molecule has 0 spiro atoms. The minimum Gasteiger partial charge on any atom is -0.464 e. The van der Waals surface area contributed by atoms with E-state index in [1.165, 1.54) is 0 Å². The second-order valence-electron chi connectivity index (χ2n) is 4.16. The Kier molecular flexibility index (Phi) is 4.12. The van der Waals surface area contributed by atoms with Crippen LogP contribution in [0.3, 0.4) is 0 Å². The maximum Gasteiger partial charge on any atom is 0.339 e. The van der Waals surface area contributed by atoms with E-state index in [1.54, 1.807) is 25.3 Å². The van der Waals surface area contributed by atoms with Gasteiger partial charge in [0.05, 0.1) is 17.1 Å². The highest BCUT2D eigenvalue weighted by Gasteiger charge is 2.23. The Morgan fingerprint density at radius 1 is 1.47 bits per heavy atom. The molecule has 1 atom stereocenters. The number of hydrogen-bond acceptors (Lipinski definition) is 3. The molecule has 0 aliphatic rings. The number of aliphatic hydroxyl groups excluding tert-OH is 1. The van der Waals surface area contributed by atoms with Crippen molar-refractivity contribution in [1.29, 1.82) is 0 Å². The maximum atomic E-state index is 11.7. The molecule has 19 heavy (non-hydrogen) atoms. The van der Waals surface area contributed by atoms with Gasteiger partial charge in [-0.2, -0.15) is 0 Å². The number of rotatable bonds is 4. The van der Waals surface area contributed by atoms with Crippen molar-refractivity contribution >= 4 is 28.5 Å². The lowest BCUT2D eigenvalue weighted by molar-refractivity contribution is -0.153. The molecule has 0 radical (unpaired) electrons. The predicted molar refractivity (Wildman–Crippen MR) is 74.2 cm³/mol. The van der Waals surface area contributed by atoms with Crippen LogP contribution < -0.4 is 0 Å². The molecule has 1 unspecified atom stereocenters. The standard InChI is InChI=1S/C14H16ClNO3/c1-3-16-8-10(13(17)14(18)19-4-2)9-6-5-7-11(15)12(9)16/h5-8,13,17H,3-4H2,1-2H3. The van der Waals surface area contributed by atoms with E-state index in [1.807, 2.05) is 17.6 Å². The Morgan fingerprint density at radius 3 is 2.84 bits per heavy atom. The number of para-hydroxylation sites is 1. The van der Waals surface area contributed by atoms with Gasteiger partial charge in [-0.15, -0.1) is 0 Å². The molecule has 4 nitrogen and oxygen atoms in total. The van der Waals surface area contributed by atoms with Crippen molar-refractivity contribution in [2.45, 2.75) is 26.5 Å². The first-order valence-corrected chi connectivity index (χ1v) is 6.59. The highest BCUT2D eigenvalue weighted by atomic mass is 35.5. The summed E-state index contributed by atoms with van der Waals surface area (Å²) in [6.07, 6.45) is 0.465. The highest BCUT2D eigenvalue weighted by Crippen LogP contribution is 2.31. The number of aliphatic hydroxyl groups is 1. The second kappa shape index (κ2) is 5.63. The van der Waals surface area contributed by atoms with Gasteiger partial charge in [0.2, 0.25) is 0 Å². The molecule has 0 amide bonds. The molecule has 0 fully saturated rings. The van der Waals surface area contributed by atoms with Crippen molar-refractivity contribution in [3.63, 3.8) is 0 Å². The summed E-state index contributed by atoms with van der Waals surface area (Å²) in [4.78, 5) is 11.7.